The fourth-order valence-corrected chi connectivity index (χ4v) is 3.16. The number of halogens is 3. The summed E-state index contributed by atoms with van der Waals surface area (Å²) in [5.41, 5.74) is 2.68. The summed E-state index contributed by atoms with van der Waals surface area (Å²) in [7, 11) is 0. The van der Waals surface area contributed by atoms with Gasteiger partial charge in [0, 0.05) is 13.6 Å². The van der Waals surface area contributed by atoms with E-state index in [2.05, 4.69) is 38.5 Å². The lowest BCUT2D eigenvalue weighted by molar-refractivity contribution is 0.213. The lowest BCUT2D eigenvalue weighted by Gasteiger charge is -2.17. The molecule has 2 aromatic rings. The molecular formula is C15H13BrFIO. The minimum absolute atomic E-state index is 0.349. The van der Waals surface area contributed by atoms with Crippen LogP contribution in [0.4, 0.5) is 4.39 Å². The molecule has 0 bridgehead atoms. The molecule has 0 amide bonds. The van der Waals surface area contributed by atoms with Gasteiger partial charge in [0.05, 0.1) is 0 Å². The Balaban J connectivity index is 2.56. The third-order valence-corrected chi connectivity index (χ3v) is 4.48. The number of benzene rings is 2. The molecule has 0 radical (unpaired) electrons. The van der Waals surface area contributed by atoms with Crippen LogP contribution in [0, 0.1) is 23.2 Å². The number of hydrogen-bond donors (Lipinski definition) is 1. The van der Waals surface area contributed by atoms with Gasteiger partial charge in [0.25, 0.3) is 0 Å². The summed E-state index contributed by atoms with van der Waals surface area (Å²) in [6, 6.07) is 8.95. The molecule has 0 aromatic heterocycles. The van der Waals surface area contributed by atoms with E-state index in [0.29, 0.717) is 11.1 Å². The molecule has 100 valence electrons. The average molecular weight is 435 g/mol. The van der Waals surface area contributed by atoms with E-state index in [0.717, 1.165) is 19.2 Å². The van der Waals surface area contributed by atoms with E-state index in [4.69, 9.17) is 0 Å². The van der Waals surface area contributed by atoms with Crippen molar-refractivity contribution >= 4 is 38.5 Å². The molecule has 0 heterocycles. The van der Waals surface area contributed by atoms with E-state index < -0.39 is 6.10 Å². The fourth-order valence-electron chi connectivity index (χ4n) is 2.15. The first-order chi connectivity index (χ1) is 8.90. The Morgan fingerprint density at radius 2 is 1.89 bits per heavy atom. The Hall–Kier alpha value is -0.460. The Labute approximate surface area is 134 Å². The van der Waals surface area contributed by atoms with Crippen LogP contribution in [0.3, 0.4) is 0 Å². The molecule has 2 rings (SSSR count). The van der Waals surface area contributed by atoms with Crippen molar-refractivity contribution in [3.63, 3.8) is 0 Å². The number of rotatable bonds is 2. The van der Waals surface area contributed by atoms with Gasteiger partial charge in [-0.2, -0.15) is 0 Å². The predicted octanol–water partition coefficient (Wildman–Crippen LogP) is 4.89. The van der Waals surface area contributed by atoms with Gasteiger partial charge >= 0.3 is 0 Å². The van der Waals surface area contributed by atoms with Crippen molar-refractivity contribution in [2.45, 2.75) is 20.0 Å². The van der Waals surface area contributed by atoms with Crippen molar-refractivity contribution in [1.82, 2.24) is 0 Å². The van der Waals surface area contributed by atoms with Crippen LogP contribution < -0.4 is 0 Å². The van der Waals surface area contributed by atoms with Crippen LogP contribution in [0.25, 0.3) is 0 Å². The molecule has 0 aliphatic rings. The molecule has 1 atom stereocenters. The summed E-state index contributed by atoms with van der Waals surface area (Å²) in [6.07, 6.45) is -0.954. The number of aliphatic hydroxyl groups excluding tert-OH is 1. The van der Waals surface area contributed by atoms with Crippen LogP contribution in [0.15, 0.2) is 34.8 Å². The van der Waals surface area contributed by atoms with Gasteiger partial charge in [-0.15, -0.1) is 0 Å². The van der Waals surface area contributed by atoms with Crippen LogP contribution in [-0.2, 0) is 0 Å². The Bertz CT molecular complexity index is 605. The van der Waals surface area contributed by atoms with Crippen molar-refractivity contribution in [1.29, 1.82) is 0 Å². The van der Waals surface area contributed by atoms with Crippen molar-refractivity contribution in [3.8, 4) is 0 Å². The second kappa shape index (κ2) is 5.89. The molecule has 0 saturated heterocycles. The minimum Gasteiger partial charge on any atom is -0.383 e. The third-order valence-electron chi connectivity index (χ3n) is 3.01. The van der Waals surface area contributed by atoms with E-state index in [-0.39, 0.29) is 5.82 Å². The van der Waals surface area contributed by atoms with Crippen molar-refractivity contribution in [3.05, 3.63) is 66.4 Å². The van der Waals surface area contributed by atoms with Crippen molar-refractivity contribution < 1.29 is 9.50 Å². The van der Waals surface area contributed by atoms with Crippen LogP contribution in [-0.4, -0.2) is 5.11 Å². The van der Waals surface area contributed by atoms with Gasteiger partial charge in [0.1, 0.15) is 11.9 Å². The molecule has 1 nitrogen and oxygen atoms in total. The van der Waals surface area contributed by atoms with Gasteiger partial charge in [-0.05, 0) is 77.4 Å². The first-order valence-corrected chi connectivity index (χ1v) is 7.67. The van der Waals surface area contributed by atoms with Crippen molar-refractivity contribution in [2.24, 2.45) is 0 Å². The van der Waals surface area contributed by atoms with E-state index in [1.807, 2.05) is 38.1 Å². The smallest absolute Gasteiger partial charge is 0.129 e. The van der Waals surface area contributed by atoms with Gasteiger partial charge in [-0.1, -0.05) is 22.0 Å². The van der Waals surface area contributed by atoms with Gasteiger partial charge in [0.2, 0.25) is 0 Å². The van der Waals surface area contributed by atoms with Gasteiger partial charge < -0.3 is 5.11 Å². The van der Waals surface area contributed by atoms with Crippen molar-refractivity contribution in [2.75, 3.05) is 0 Å². The summed E-state index contributed by atoms with van der Waals surface area (Å²) >= 11 is 5.52. The quantitative estimate of drug-likeness (QED) is 0.667. The highest BCUT2D eigenvalue weighted by atomic mass is 127. The molecular weight excluding hydrogens is 422 g/mol. The summed E-state index contributed by atoms with van der Waals surface area (Å²) in [5.74, 6) is -0.360. The van der Waals surface area contributed by atoms with E-state index in [9.17, 15) is 9.50 Å². The molecule has 1 unspecified atom stereocenters. The number of aryl methyl sites for hydroxylation is 2. The van der Waals surface area contributed by atoms with Gasteiger partial charge in [0.15, 0.2) is 0 Å². The van der Waals surface area contributed by atoms with Crippen LogP contribution in [0.2, 0.25) is 0 Å². The lowest BCUT2D eigenvalue weighted by atomic mass is 9.95. The normalized spacial score (nSPS) is 12.5. The second-order valence-electron chi connectivity index (χ2n) is 4.55. The first kappa shape index (κ1) is 14.9. The van der Waals surface area contributed by atoms with Gasteiger partial charge in [-0.3, -0.25) is 0 Å². The molecule has 4 heteroatoms. The lowest BCUT2D eigenvalue weighted by Crippen LogP contribution is -2.07. The molecule has 0 aliphatic carbocycles. The topological polar surface area (TPSA) is 20.2 Å². The molecule has 0 spiro atoms. The Morgan fingerprint density at radius 3 is 2.53 bits per heavy atom. The number of hydrogen-bond acceptors (Lipinski definition) is 1. The summed E-state index contributed by atoms with van der Waals surface area (Å²) in [5, 5.41) is 10.5. The summed E-state index contributed by atoms with van der Waals surface area (Å²) in [6.45, 7) is 3.66. The molecule has 1 N–H and O–H groups in total. The zero-order valence-electron chi connectivity index (χ0n) is 10.5. The zero-order valence-corrected chi connectivity index (χ0v) is 14.3. The maximum Gasteiger partial charge on any atom is 0.129 e. The average Bonchev–Trinajstić information content (AvgIpc) is 2.30. The first-order valence-electron chi connectivity index (χ1n) is 5.80. The number of aliphatic hydroxyl groups is 1. The highest BCUT2D eigenvalue weighted by Crippen LogP contribution is 2.32. The highest BCUT2D eigenvalue weighted by Gasteiger charge is 2.20. The summed E-state index contributed by atoms with van der Waals surface area (Å²) in [4.78, 5) is 0. The predicted molar refractivity (Wildman–Crippen MR) is 86.8 cm³/mol. The maximum absolute atomic E-state index is 14.1. The van der Waals surface area contributed by atoms with Crippen LogP contribution >= 0.6 is 38.5 Å². The standard InChI is InChI=1S/C15H13BrFIO/c1-8-5-9(2)14(12(17)6-8)15(19)11-7-10(16)3-4-13(11)18/h3-7,15,19H,1-2H3. The monoisotopic (exact) mass is 434 g/mol. The van der Waals surface area contributed by atoms with E-state index in [1.165, 1.54) is 6.07 Å². The highest BCUT2D eigenvalue weighted by molar-refractivity contribution is 14.1. The van der Waals surface area contributed by atoms with Crippen LogP contribution in [0.5, 0.6) is 0 Å². The van der Waals surface area contributed by atoms with Crippen LogP contribution in [0.1, 0.15) is 28.4 Å². The fraction of sp³-hybridized carbons (Fsp3) is 0.200. The molecule has 0 aliphatic heterocycles. The minimum atomic E-state index is -0.954. The molecule has 19 heavy (non-hydrogen) atoms. The molecule has 2 aromatic carbocycles. The van der Waals surface area contributed by atoms with E-state index >= 15 is 0 Å². The third kappa shape index (κ3) is 3.17. The zero-order chi connectivity index (χ0) is 14.2. The Morgan fingerprint density at radius 1 is 1.21 bits per heavy atom. The summed E-state index contributed by atoms with van der Waals surface area (Å²) < 4.78 is 15.9. The largest absolute Gasteiger partial charge is 0.383 e. The molecule has 0 saturated carbocycles. The maximum atomic E-state index is 14.1. The van der Waals surface area contributed by atoms with E-state index in [1.54, 1.807) is 0 Å². The SMILES string of the molecule is Cc1cc(C)c(C(O)c2cc(Br)ccc2I)c(F)c1. The Kier molecular flexibility index (Phi) is 4.63. The molecule has 0 fully saturated rings. The van der Waals surface area contributed by atoms with Gasteiger partial charge in [-0.25, -0.2) is 4.39 Å². The second-order valence-corrected chi connectivity index (χ2v) is 6.62.